The fourth-order valence-corrected chi connectivity index (χ4v) is 4.39. The number of nitrogens with zero attached hydrogens (tertiary/aromatic N) is 5. The quantitative estimate of drug-likeness (QED) is 0.607. The van der Waals surface area contributed by atoms with Crippen LogP contribution in [-0.2, 0) is 17.8 Å². The molecule has 2 heterocycles. The van der Waals surface area contributed by atoms with Crippen molar-refractivity contribution in [2.24, 2.45) is 0 Å². The molecule has 1 aromatic heterocycles. The van der Waals surface area contributed by atoms with Crippen molar-refractivity contribution in [3.8, 4) is 0 Å². The van der Waals surface area contributed by atoms with Crippen molar-refractivity contribution in [2.45, 2.75) is 37.0 Å². The van der Waals surface area contributed by atoms with Crippen molar-refractivity contribution in [2.75, 3.05) is 22.5 Å². The fourth-order valence-electron chi connectivity index (χ4n) is 3.64. The lowest BCUT2D eigenvalue weighted by molar-refractivity contribution is -0.113. The lowest BCUT2D eigenvalue weighted by Crippen LogP contribution is -2.19. The maximum Gasteiger partial charge on any atom is 0.234 e. The molecule has 1 amide bonds. The summed E-state index contributed by atoms with van der Waals surface area (Å²) < 4.78 is 1.82. The van der Waals surface area contributed by atoms with Gasteiger partial charge in [-0.1, -0.05) is 42.1 Å². The molecule has 1 aliphatic carbocycles. The second-order valence-electron chi connectivity index (χ2n) is 7.47. The van der Waals surface area contributed by atoms with E-state index in [0.717, 1.165) is 38.0 Å². The van der Waals surface area contributed by atoms with Gasteiger partial charge < -0.3 is 10.2 Å². The Hall–Kier alpha value is -2.87. The Labute approximate surface area is 173 Å². The third-order valence-corrected chi connectivity index (χ3v) is 6.22. The summed E-state index contributed by atoms with van der Waals surface area (Å²) in [5.74, 6) is 0.237. The normalized spacial score (nSPS) is 15.4. The molecular weight excluding hydrogens is 384 g/mol. The summed E-state index contributed by atoms with van der Waals surface area (Å²) in [6.07, 6.45) is 3.33. The second kappa shape index (κ2) is 7.87. The van der Waals surface area contributed by atoms with Crippen LogP contribution in [0.1, 0.15) is 30.0 Å². The molecule has 0 radical (unpaired) electrons. The van der Waals surface area contributed by atoms with Crippen LogP contribution in [0.25, 0.3) is 0 Å². The number of benzene rings is 2. The molecule has 148 valence electrons. The maximum absolute atomic E-state index is 12.3. The smallest absolute Gasteiger partial charge is 0.234 e. The highest BCUT2D eigenvalue weighted by atomic mass is 32.2. The van der Waals surface area contributed by atoms with E-state index in [1.54, 1.807) is 0 Å². The van der Waals surface area contributed by atoms with E-state index in [2.05, 4.69) is 62.1 Å². The largest absolute Gasteiger partial charge is 0.367 e. The Kier molecular flexibility index (Phi) is 4.93. The first-order valence-electron chi connectivity index (χ1n) is 9.88. The average molecular weight is 407 g/mol. The predicted molar refractivity (Wildman–Crippen MR) is 113 cm³/mol. The molecule has 8 heteroatoms. The summed E-state index contributed by atoms with van der Waals surface area (Å²) >= 11 is 1.38. The molecule has 5 rings (SSSR count). The van der Waals surface area contributed by atoms with Crippen molar-refractivity contribution in [3.63, 3.8) is 0 Å². The summed E-state index contributed by atoms with van der Waals surface area (Å²) in [7, 11) is 0. The van der Waals surface area contributed by atoms with Crippen molar-refractivity contribution in [3.05, 3.63) is 59.7 Å². The highest BCUT2D eigenvalue weighted by Crippen LogP contribution is 2.36. The number of thioether (sulfide) groups is 1. The highest BCUT2D eigenvalue weighted by Gasteiger charge is 2.28. The molecule has 1 saturated carbocycles. The van der Waals surface area contributed by atoms with Crippen LogP contribution in [0.2, 0.25) is 0 Å². The molecule has 1 aliphatic heterocycles. The van der Waals surface area contributed by atoms with Crippen LogP contribution in [0.15, 0.2) is 53.7 Å². The number of rotatable bonds is 7. The molecule has 0 unspecified atom stereocenters. The Bertz CT molecular complexity index is 1010. The van der Waals surface area contributed by atoms with E-state index in [9.17, 15) is 4.79 Å². The third kappa shape index (κ3) is 4.12. The Morgan fingerprint density at radius 2 is 1.97 bits per heavy atom. The lowest BCUT2D eigenvalue weighted by Gasteiger charge is -2.19. The number of fused-ring (bicyclic) bond motifs is 1. The zero-order valence-corrected chi connectivity index (χ0v) is 16.8. The van der Waals surface area contributed by atoms with Crippen LogP contribution in [-0.4, -0.2) is 38.4 Å². The number of carbonyl (C=O) groups is 1. The maximum atomic E-state index is 12.3. The van der Waals surface area contributed by atoms with E-state index < -0.39 is 0 Å². The van der Waals surface area contributed by atoms with Crippen LogP contribution in [0.3, 0.4) is 0 Å². The molecule has 29 heavy (non-hydrogen) atoms. The van der Waals surface area contributed by atoms with Crippen molar-refractivity contribution >= 4 is 29.0 Å². The van der Waals surface area contributed by atoms with Gasteiger partial charge in [-0.05, 0) is 59.0 Å². The number of hydrogen-bond donors (Lipinski definition) is 1. The standard InChI is InChI=1S/C21H22N6OS/c28-20(14-29-21-23-24-25-27(21)18-9-10-18)22-17-7-5-15(6-8-17)13-26-12-11-16-3-1-2-4-19(16)26/h1-8,18H,9-14H2,(H,22,28). The number of tetrazole rings is 1. The predicted octanol–water partition coefficient (Wildman–Crippen LogP) is 3.30. The minimum atomic E-state index is -0.0541. The molecule has 0 bridgehead atoms. The summed E-state index contributed by atoms with van der Waals surface area (Å²) in [6.45, 7) is 1.93. The molecule has 2 aliphatic rings. The van der Waals surface area contributed by atoms with Crippen LogP contribution in [0, 0.1) is 0 Å². The SMILES string of the molecule is O=C(CSc1nnnn1C1CC1)Nc1ccc(CN2CCc3ccccc32)cc1. The molecule has 7 nitrogen and oxygen atoms in total. The van der Waals surface area contributed by atoms with Crippen molar-refractivity contribution in [1.29, 1.82) is 0 Å². The highest BCUT2D eigenvalue weighted by molar-refractivity contribution is 7.99. The second-order valence-corrected chi connectivity index (χ2v) is 8.41. The topological polar surface area (TPSA) is 75.9 Å². The Morgan fingerprint density at radius 1 is 1.14 bits per heavy atom. The minimum Gasteiger partial charge on any atom is -0.367 e. The van der Waals surface area contributed by atoms with Crippen LogP contribution in [0.4, 0.5) is 11.4 Å². The van der Waals surface area contributed by atoms with Crippen LogP contribution in [0.5, 0.6) is 0 Å². The summed E-state index contributed by atoms with van der Waals surface area (Å²) in [5.41, 5.74) is 4.79. The van der Waals surface area contributed by atoms with E-state index >= 15 is 0 Å². The van der Waals surface area contributed by atoms with Gasteiger partial charge in [0.15, 0.2) is 0 Å². The summed E-state index contributed by atoms with van der Waals surface area (Å²) in [6, 6.07) is 17.1. The van der Waals surface area contributed by atoms with E-state index in [0.29, 0.717) is 17.0 Å². The average Bonchev–Trinajstić information content (AvgIpc) is 3.34. The van der Waals surface area contributed by atoms with Gasteiger partial charge in [0.1, 0.15) is 0 Å². The van der Waals surface area contributed by atoms with Gasteiger partial charge in [0.05, 0.1) is 11.8 Å². The van der Waals surface area contributed by atoms with Crippen molar-refractivity contribution in [1.82, 2.24) is 20.2 Å². The summed E-state index contributed by atoms with van der Waals surface area (Å²) in [5, 5.41) is 15.4. The third-order valence-electron chi connectivity index (χ3n) is 5.28. The molecule has 0 saturated heterocycles. The van der Waals surface area contributed by atoms with Gasteiger partial charge in [0.2, 0.25) is 11.1 Å². The number of hydrogen-bond acceptors (Lipinski definition) is 6. The molecule has 2 aromatic carbocycles. The Morgan fingerprint density at radius 3 is 2.79 bits per heavy atom. The van der Waals surface area contributed by atoms with Crippen molar-refractivity contribution < 1.29 is 4.79 Å². The monoisotopic (exact) mass is 406 g/mol. The number of anilines is 2. The zero-order valence-electron chi connectivity index (χ0n) is 16.0. The molecular formula is C21H22N6OS. The van der Waals surface area contributed by atoms with E-state index in [4.69, 9.17) is 0 Å². The first-order chi connectivity index (χ1) is 14.3. The first kappa shape index (κ1) is 18.2. The molecule has 3 aromatic rings. The van der Waals surface area contributed by atoms with Gasteiger partial charge in [-0.3, -0.25) is 4.79 Å². The number of carbonyl (C=O) groups excluding carboxylic acids is 1. The molecule has 1 N–H and O–H groups in total. The number of aromatic nitrogens is 4. The van der Waals surface area contributed by atoms with E-state index in [-0.39, 0.29) is 5.91 Å². The number of nitrogens with one attached hydrogen (secondary N) is 1. The van der Waals surface area contributed by atoms with Gasteiger partial charge in [-0.25, -0.2) is 4.68 Å². The van der Waals surface area contributed by atoms with Crippen LogP contribution >= 0.6 is 11.8 Å². The summed E-state index contributed by atoms with van der Waals surface area (Å²) in [4.78, 5) is 14.7. The lowest BCUT2D eigenvalue weighted by atomic mass is 10.1. The van der Waals surface area contributed by atoms with Gasteiger partial charge in [-0.2, -0.15) is 0 Å². The molecule has 1 fully saturated rings. The minimum absolute atomic E-state index is 0.0541. The zero-order chi connectivity index (χ0) is 19.6. The Balaban J connectivity index is 1.14. The number of amides is 1. The molecule has 0 spiro atoms. The van der Waals surface area contributed by atoms with E-state index in [1.807, 2.05) is 16.8 Å². The first-order valence-corrected chi connectivity index (χ1v) is 10.9. The van der Waals surface area contributed by atoms with Gasteiger partial charge in [0, 0.05) is 24.5 Å². The van der Waals surface area contributed by atoms with Gasteiger partial charge in [0.25, 0.3) is 0 Å². The van der Waals surface area contributed by atoms with Gasteiger partial charge >= 0.3 is 0 Å². The van der Waals surface area contributed by atoms with E-state index in [1.165, 1.54) is 28.6 Å². The number of para-hydroxylation sites is 1. The van der Waals surface area contributed by atoms with Crippen LogP contribution < -0.4 is 10.2 Å². The fraction of sp³-hybridized carbons (Fsp3) is 0.333. The molecule has 0 atom stereocenters. The van der Waals surface area contributed by atoms with Gasteiger partial charge in [-0.15, -0.1) is 5.10 Å².